The smallest absolute Gasteiger partial charge is 0.318 e. The van der Waals surface area contributed by atoms with Crippen LogP contribution in [0.5, 0.6) is 6.01 Å². The Labute approximate surface area is 229 Å². The van der Waals surface area contributed by atoms with Gasteiger partial charge in [0.05, 0.1) is 24.7 Å². The van der Waals surface area contributed by atoms with E-state index >= 15 is 0 Å². The number of aromatic nitrogens is 2. The van der Waals surface area contributed by atoms with Gasteiger partial charge in [0.25, 0.3) is 0 Å². The highest BCUT2D eigenvalue weighted by molar-refractivity contribution is 5.97. The molecule has 1 aromatic heterocycles. The van der Waals surface area contributed by atoms with E-state index in [1.807, 2.05) is 25.1 Å². The second-order valence-electron chi connectivity index (χ2n) is 11.0. The Kier molecular flexibility index (Phi) is 7.24. The topological polar surface area (TPSA) is 80.6 Å². The molecule has 9 heteroatoms. The highest BCUT2D eigenvalue weighted by atomic mass is 19.1. The second-order valence-corrected chi connectivity index (χ2v) is 11.0. The third kappa shape index (κ3) is 5.11. The van der Waals surface area contributed by atoms with Crippen LogP contribution in [0.1, 0.15) is 36.1 Å². The van der Waals surface area contributed by atoms with Gasteiger partial charge in [-0.05, 0) is 62.9 Å². The lowest BCUT2D eigenvalue weighted by atomic mass is 9.99. The number of hydrogen-bond acceptors (Lipinski definition) is 8. The fourth-order valence-electron chi connectivity index (χ4n) is 6.32. The summed E-state index contributed by atoms with van der Waals surface area (Å²) in [4.78, 5) is 16.8. The molecule has 2 saturated heterocycles. The molecule has 2 unspecified atom stereocenters. The normalized spacial score (nSPS) is 21.7. The first-order chi connectivity index (χ1) is 19.0. The van der Waals surface area contributed by atoms with Crippen LogP contribution in [0, 0.1) is 24.1 Å². The summed E-state index contributed by atoms with van der Waals surface area (Å²) in [6, 6.07) is 12.8. The predicted octanol–water partition coefficient (Wildman–Crippen LogP) is 3.80. The Balaban J connectivity index is 1.34. The van der Waals surface area contributed by atoms with Gasteiger partial charge in [-0.3, -0.25) is 0 Å². The minimum atomic E-state index is -0.185. The molecule has 2 atom stereocenters. The van der Waals surface area contributed by atoms with Gasteiger partial charge in [-0.1, -0.05) is 18.2 Å². The Hall–Kier alpha value is -3.48. The van der Waals surface area contributed by atoms with E-state index in [9.17, 15) is 9.65 Å². The van der Waals surface area contributed by atoms with Gasteiger partial charge in [0.1, 0.15) is 18.2 Å². The summed E-state index contributed by atoms with van der Waals surface area (Å²) in [5.41, 5.74) is 3.81. The first kappa shape index (κ1) is 25.8. The number of nitriles is 1. The van der Waals surface area contributed by atoms with Gasteiger partial charge >= 0.3 is 6.01 Å². The fourth-order valence-corrected chi connectivity index (χ4v) is 6.32. The van der Waals surface area contributed by atoms with Crippen LogP contribution >= 0.6 is 0 Å². The van der Waals surface area contributed by atoms with Crippen LogP contribution in [0.2, 0.25) is 0 Å². The number of aryl methyl sites for hydroxylation is 1. The Bertz CT molecular complexity index is 1410. The lowest BCUT2D eigenvalue weighted by molar-refractivity contribution is 0.187. The zero-order valence-corrected chi connectivity index (χ0v) is 22.8. The summed E-state index contributed by atoms with van der Waals surface area (Å²) >= 11 is 0. The summed E-state index contributed by atoms with van der Waals surface area (Å²) < 4.78 is 20.8. The van der Waals surface area contributed by atoms with Crippen molar-refractivity contribution in [2.45, 2.75) is 51.2 Å². The van der Waals surface area contributed by atoms with Crippen LogP contribution in [0.3, 0.4) is 0 Å². The number of likely N-dealkylation sites (N-methyl/N-ethyl adjacent to an activating group) is 1. The molecule has 204 valence electrons. The molecule has 0 aliphatic carbocycles. The lowest BCUT2D eigenvalue weighted by Gasteiger charge is -2.37. The second kappa shape index (κ2) is 10.9. The predicted molar refractivity (Wildman–Crippen MR) is 151 cm³/mol. The highest BCUT2D eigenvalue weighted by Gasteiger charge is 2.30. The molecule has 0 bridgehead atoms. The SMILES string of the molecule is Cc1c(F)ccc2cccc(N3CCc4c(nc(OCC5CCCN5C)nc4N4CCNC(CC#N)C4)C3)c12. The third-order valence-electron chi connectivity index (χ3n) is 8.55. The molecule has 0 saturated carbocycles. The maximum atomic E-state index is 14.6. The van der Waals surface area contributed by atoms with Crippen molar-refractivity contribution in [3.8, 4) is 12.1 Å². The molecule has 8 nitrogen and oxygen atoms in total. The average molecular weight is 530 g/mol. The number of fused-ring (bicyclic) bond motifs is 2. The molecule has 1 N–H and O–H groups in total. The van der Waals surface area contributed by atoms with Crippen LogP contribution in [-0.4, -0.2) is 73.3 Å². The quantitative estimate of drug-likeness (QED) is 0.517. The number of nitrogens with one attached hydrogen (secondary N) is 1. The monoisotopic (exact) mass is 529 g/mol. The van der Waals surface area contributed by atoms with Crippen molar-refractivity contribution in [1.82, 2.24) is 20.2 Å². The minimum Gasteiger partial charge on any atom is -0.462 e. The molecule has 0 radical (unpaired) electrons. The largest absolute Gasteiger partial charge is 0.462 e. The molecule has 3 aliphatic rings. The van der Waals surface area contributed by atoms with E-state index in [2.05, 4.69) is 39.2 Å². The molecule has 3 aromatic rings. The fraction of sp³-hybridized carbons (Fsp3) is 0.500. The van der Waals surface area contributed by atoms with E-state index in [0.717, 1.165) is 79.1 Å². The zero-order chi connectivity index (χ0) is 26.9. The zero-order valence-electron chi connectivity index (χ0n) is 22.8. The Morgan fingerprint density at radius 1 is 1.15 bits per heavy atom. The van der Waals surface area contributed by atoms with E-state index in [0.29, 0.717) is 37.2 Å². The number of benzene rings is 2. The first-order valence-corrected chi connectivity index (χ1v) is 14.0. The summed E-state index contributed by atoms with van der Waals surface area (Å²) in [5, 5.41) is 14.7. The third-order valence-corrected chi connectivity index (χ3v) is 8.55. The molecule has 6 rings (SSSR count). The van der Waals surface area contributed by atoms with Gasteiger partial charge in [-0.15, -0.1) is 0 Å². The van der Waals surface area contributed by atoms with Gasteiger partial charge in [0.15, 0.2) is 0 Å². The number of rotatable bonds is 6. The van der Waals surface area contributed by atoms with Crippen molar-refractivity contribution in [2.75, 3.05) is 56.2 Å². The van der Waals surface area contributed by atoms with Crippen molar-refractivity contribution in [2.24, 2.45) is 0 Å². The molecular formula is C30H36FN7O. The summed E-state index contributed by atoms with van der Waals surface area (Å²) in [7, 11) is 2.14. The number of hydrogen-bond donors (Lipinski definition) is 1. The molecular weight excluding hydrogens is 493 g/mol. The summed E-state index contributed by atoms with van der Waals surface area (Å²) in [6.45, 7) is 7.26. The number of ether oxygens (including phenoxy) is 1. The molecule has 3 aliphatic heterocycles. The van der Waals surface area contributed by atoms with E-state index < -0.39 is 0 Å². The van der Waals surface area contributed by atoms with Crippen LogP contribution in [0.4, 0.5) is 15.9 Å². The van der Waals surface area contributed by atoms with Gasteiger partial charge < -0.3 is 24.8 Å². The van der Waals surface area contributed by atoms with Gasteiger partial charge in [0, 0.05) is 54.9 Å². The van der Waals surface area contributed by atoms with E-state index in [4.69, 9.17) is 14.7 Å². The van der Waals surface area contributed by atoms with Crippen LogP contribution in [0.25, 0.3) is 10.8 Å². The number of piperazine rings is 1. The molecule has 4 heterocycles. The molecule has 0 amide bonds. The number of likely N-dealkylation sites (tertiary alicyclic amines) is 1. The lowest BCUT2D eigenvalue weighted by Crippen LogP contribution is -2.51. The molecule has 2 aromatic carbocycles. The van der Waals surface area contributed by atoms with Crippen molar-refractivity contribution in [3.63, 3.8) is 0 Å². The maximum absolute atomic E-state index is 14.6. The maximum Gasteiger partial charge on any atom is 0.318 e. The van der Waals surface area contributed by atoms with Gasteiger partial charge in [-0.2, -0.15) is 15.2 Å². The average Bonchev–Trinajstić information content (AvgIpc) is 3.37. The number of anilines is 2. The van der Waals surface area contributed by atoms with Crippen LogP contribution in [-0.2, 0) is 13.0 Å². The summed E-state index contributed by atoms with van der Waals surface area (Å²) in [6.07, 6.45) is 3.55. The van der Waals surface area contributed by atoms with Crippen molar-refractivity contribution in [1.29, 1.82) is 5.26 Å². The van der Waals surface area contributed by atoms with Crippen LogP contribution < -0.4 is 19.9 Å². The highest BCUT2D eigenvalue weighted by Crippen LogP contribution is 2.36. The Morgan fingerprint density at radius 3 is 2.87 bits per heavy atom. The van der Waals surface area contributed by atoms with E-state index in [1.165, 1.54) is 6.42 Å². The van der Waals surface area contributed by atoms with Crippen molar-refractivity contribution >= 4 is 22.3 Å². The first-order valence-electron chi connectivity index (χ1n) is 14.0. The number of nitrogens with zero attached hydrogens (tertiary/aromatic N) is 6. The van der Waals surface area contributed by atoms with Crippen molar-refractivity contribution in [3.05, 3.63) is 53.0 Å². The van der Waals surface area contributed by atoms with E-state index in [1.54, 1.807) is 6.07 Å². The summed E-state index contributed by atoms with van der Waals surface area (Å²) in [5.74, 6) is 0.745. The van der Waals surface area contributed by atoms with Gasteiger partial charge in [0.2, 0.25) is 0 Å². The molecule has 2 fully saturated rings. The molecule has 39 heavy (non-hydrogen) atoms. The van der Waals surface area contributed by atoms with Crippen molar-refractivity contribution < 1.29 is 9.13 Å². The Morgan fingerprint density at radius 2 is 2.05 bits per heavy atom. The van der Waals surface area contributed by atoms with Gasteiger partial charge in [-0.25, -0.2) is 4.39 Å². The van der Waals surface area contributed by atoms with Crippen LogP contribution in [0.15, 0.2) is 30.3 Å². The minimum absolute atomic E-state index is 0.111. The molecule has 0 spiro atoms. The number of halogens is 1. The van der Waals surface area contributed by atoms with E-state index in [-0.39, 0.29) is 11.9 Å². The standard InChI is InChI=1S/C30H36FN7O/c1-20-25(31)9-8-21-5-3-7-27(28(20)21)37-15-11-24-26(18-37)34-30(39-19-23-6-4-14-36(23)2)35-29(24)38-16-13-33-22(17-38)10-12-32/h3,5,7-9,22-23,33H,4,6,10-11,13-19H2,1-2H3.